The first-order valence-electron chi connectivity index (χ1n) is 12.1. The second kappa shape index (κ2) is 7.84. The maximum absolute atomic E-state index is 13.4. The van der Waals surface area contributed by atoms with Gasteiger partial charge in [0.1, 0.15) is 0 Å². The summed E-state index contributed by atoms with van der Waals surface area (Å²) in [6, 6.07) is 7.02. The number of hydrogen-bond acceptors (Lipinski definition) is 3. The van der Waals surface area contributed by atoms with E-state index >= 15 is 0 Å². The van der Waals surface area contributed by atoms with Gasteiger partial charge < -0.3 is 8.85 Å². The number of carbonyl (C=O) groups is 1. The Hall–Kier alpha value is -0.916. The molecule has 3 nitrogen and oxygen atoms in total. The molecule has 2 aliphatic rings. The number of hydrogen-bond donors (Lipinski definition) is 0. The van der Waals surface area contributed by atoms with Crippen LogP contribution in [0.2, 0.25) is 39.3 Å². The van der Waals surface area contributed by atoms with Crippen LogP contribution in [0.3, 0.4) is 0 Å². The summed E-state index contributed by atoms with van der Waals surface area (Å²) in [6.07, 6.45) is 5.26. The first kappa shape index (κ1) is 24.7. The molecule has 1 aromatic carbocycles. The van der Waals surface area contributed by atoms with Crippen LogP contribution in [-0.2, 0) is 31.1 Å². The maximum atomic E-state index is 13.4. The molecule has 0 spiro atoms. The van der Waals surface area contributed by atoms with E-state index < -0.39 is 16.6 Å². The van der Waals surface area contributed by atoms with Crippen molar-refractivity contribution >= 4 is 22.6 Å². The Morgan fingerprint density at radius 2 is 1.68 bits per heavy atom. The highest BCUT2D eigenvalue weighted by molar-refractivity contribution is 6.71. The smallest absolute Gasteiger partial charge is 0.298 e. The number of carbonyl (C=O) groups excluding carboxylic acids is 1. The molecule has 0 saturated heterocycles. The summed E-state index contributed by atoms with van der Waals surface area (Å²) in [5.41, 5.74) is 3.53. The minimum absolute atomic E-state index is 0.0291. The highest BCUT2D eigenvalue weighted by atomic mass is 28.4. The average Bonchev–Trinajstić information content (AvgIpc) is 2.57. The van der Waals surface area contributed by atoms with Gasteiger partial charge in [-0.15, -0.1) is 0 Å². The minimum atomic E-state index is -1.91. The summed E-state index contributed by atoms with van der Waals surface area (Å²) in [4.78, 5) is 13.4. The molecule has 3 rings (SSSR count). The van der Waals surface area contributed by atoms with Crippen LogP contribution >= 0.6 is 0 Å². The zero-order valence-electron chi connectivity index (χ0n) is 21.6. The van der Waals surface area contributed by atoms with E-state index in [2.05, 4.69) is 85.2 Å². The van der Waals surface area contributed by atoms with Gasteiger partial charge in [-0.25, -0.2) is 0 Å². The number of aryl methyl sites for hydroxylation is 1. The van der Waals surface area contributed by atoms with Crippen molar-refractivity contribution < 1.29 is 13.6 Å². The molecule has 1 aromatic rings. The van der Waals surface area contributed by atoms with Crippen molar-refractivity contribution in [2.75, 3.05) is 0 Å². The topological polar surface area (TPSA) is 35.5 Å². The lowest BCUT2D eigenvalue weighted by Gasteiger charge is -2.54. The fourth-order valence-corrected chi connectivity index (χ4v) is 8.77. The maximum Gasteiger partial charge on any atom is 0.298 e. The van der Waals surface area contributed by atoms with E-state index in [-0.39, 0.29) is 22.4 Å². The summed E-state index contributed by atoms with van der Waals surface area (Å²) in [5.74, 6) is 0.384. The van der Waals surface area contributed by atoms with E-state index in [1.54, 1.807) is 0 Å². The monoisotopic (exact) mass is 460 g/mol. The summed E-state index contributed by atoms with van der Waals surface area (Å²) in [7, 11) is -3.57. The fraction of sp³-hybridized carbons (Fsp3) is 0.731. The zero-order valence-corrected chi connectivity index (χ0v) is 23.6. The third-order valence-electron chi connectivity index (χ3n) is 7.48. The van der Waals surface area contributed by atoms with E-state index in [4.69, 9.17) is 8.85 Å². The molecule has 0 amide bonds. The molecule has 31 heavy (non-hydrogen) atoms. The van der Waals surface area contributed by atoms with Crippen LogP contribution < -0.4 is 0 Å². The first-order chi connectivity index (χ1) is 14.0. The van der Waals surface area contributed by atoms with Crippen molar-refractivity contribution in [3.8, 4) is 0 Å². The SMILES string of the molecule is CC(C)(O[Si](C)(C)C)c1ccc2c(c1)CCC1C(C)(C(=O)O[Si](C)(C)C)CCCC21C. The van der Waals surface area contributed by atoms with E-state index in [0.717, 1.165) is 32.1 Å². The van der Waals surface area contributed by atoms with Crippen LogP contribution in [0.4, 0.5) is 0 Å². The third kappa shape index (κ3) is 4.89. The van der Waals surface area contributed by atoms with Crippen molar-refractivity contribution in [1.29, 1.82) is 0 Å². The lowest BCUT2D eigenvalue weighted by Crippen LogP contribution is -2.54. The van der Waals surface area contributed by atoms with E-state index in [1.165, 1.54) is 16.7 Å². The lowest BCUT2D eigenvalue weighted by atomic mass is 9.50. The summed E-state index contributed by atoms with van der Waals surface area (Å²) >= 11 is 0. The summed E-state index contributed by atoms with van der Waals surface area (Å²) in [5, 5.41) is 0. The number of rotatable bonds is 5. The average molecular weight is 461 g/mol. The standard InChI is InChI=1S/C26H44O3Si2/c1-24(2,29-31(8,9)10)20-13-14-21-19(18-20)12-15-22-25(21,3)16-11-17-26(22,4)23(27)28-30(5,6)7/h13-14,18,22H,11-12,15-17H2,1-10H3. The highest BCUT2D eigenvalue weighted by Gasteiger charge is 2.56. The molecule has 0 heterocycles. The van der Waals surface area contributed by atoms with Gasteiger partial charge in [0.25, 0.3) is 5.97 Å². The van der Waals surface area contributed by atoms with Gasteiger partial charge in [-0.05, 0) is 114 Å². The van der Waals surface area contributed by atoms with Gasteiger partial charge in [0.15, 0.2) is 8.32 Å². The number of benzene rings is 1. The molecular weight excluding hydrogens is 416 g/mol. The molecular formula is C26H44O3Si2. The molecule has 0 N–H and O–H groups in total. The Kier molecular flexibility index (Phi) is 6.25. The Labute approximate surface area is 192 Å². The third-order valence-corrected chi connectivity index (χ3v) is 9.40. The predicted octanol–water partition coefficient (Wildman–Crippen LogP) is 7.16. The van der Waals surface area contributed by atoms with E-state index in [9.17, 15) is 4.79 Å². The van der Waals surface area contributed by atoms with Gasteiger partial charge in [-0.3, -0.25) is 4.79 Å². The summed E-state index contributed by atoms with van der Waals surface area (Å²) in [6.45, 7) is 22.1. The van der Waals surface area contributed by atoms with Gasteiger partial charge >= 0.3 is 0 Å². The van der Waals surface area contributed by atoms with Crippen LogP contribution in [-0.4, -0.2) is 22.6 Å². The Morgan fingerprint density at radius 1 is 1.03 bits per heavy atom. The van der Waals surface area contributed by atoms with Crippen LogP contribution in [0.1, 0.15) is 70.1 Å². The second-order valence-electron chi connectivity index (χ2n) is 12.9. The molecule has 3 atom stereocenters. The molecule has 0 aromatic heterocycles. The van der Waals surface area contributed by atoms with E-state index in [0.29, 0.717) is 5.92 Å². The normalized spacial score (nSPS) is 29.2. The quantitative estimate of drug-likeness (QED) is 0.437. The number of fused-ring (bicyclic) bond motifs is 3. The molecule has 0 radical (unpaired) electrons. The largest absolute Gasteiger partial charge is 0.519 e. The van der Waals surface area contributed by atoms with Crippen LogP contribution in [0.15, 0.2) is 18.2 Å². The van der Waals surface area contributed by atoms with Gasteiger partial charge in [0.05, 0.1) is 11.0 Å². The zero-order chi connectivity index (χ0) is 23.5. The second-order valence-corrected chi connectivity index (χ2v) is 21.7. The molecule has 0 bridgehead atoms. The molecule has 174 valence electrons. The lowest BCUT2D eigenvalue weighted by molar-refractivity contribution is -0.155. The van der Waals surface area contributed by atoms with Crippen LogP contribution in [0.25, 0.3) is 0 Å². The van der Waals surface area contributed by atoms with Gasteiger partial charge in [0, 0.05) is 0 Å². The van der Waals surface area contributed by atoms with Crippen molar-refractivity contribution in [1.82, 2.24) is 0 Å². The first-order valence-corrected chi connectivity index (χ1v) is 18.9. The molecule has 2 aliphatic carbocycles. The van der Waals surface area contributed by atoms with Crippen molar-refractivity contribution in [2.24, 2.45) is 11.3 Å². The van der Waals surface area contributed by atoms with Gasteiger partial charge in [0.2, 0.25) is 8.32 Å². The van der Waals surface area contributed by atoms with Crippen LogP contribution in [0.5, 0.6) is 0 Å². The van der Waals surface area contributed by atoms with E-state index in [1.807, 2.05) is 0 Å². The Morgan fingerprint density at radius 3 is 2.26 bits per heavy atom. The summed E-state index contributed by atoms with van der Waals surface area (Å²) < 4.78 is 12.6. The predicted molar refractivity (Wildman–Crippen MR) is 134 cm³/mol. The molecule has 0 aliphatic heterocycles. The van der Waals surface area contributed by atoms with Crippen LogP contribution in [0, 0.1) is 11.3 Å². The van der Waals surface area contributed by atoms with Crippen molar-refractivity contribution in [2.45, 2.75) is 110 Å². The molecule has 3 unspecified atom stereocenters. The highest BCUT2D eigenvalue weighted by Crippen LogP contribution is 2.58. The Balaban J connectivity index is 1.96. The van der Waals surface area contributed by atoms with Crippen molar-refractivity contribution in [3.63, 3.8) is 0 Å². The molecule has 1 saturated carbocycles. The van der Waals surface area contributed by atoms with Gasteiger partial charge in [-0.2, -0.15) is 0 Å². The van der Waals surface area contributed by atoms with Crippen molar-refractivity contribution in [3.05, 3.63) is 34.9 Å². The minimum Gasteiger partial charge on any atom is -0.519 e. The molecule has 5 heteroatoms. The Bertz CT molecular complexity index is 849. The molecule has 1 fully saturated rings. The fourth-order valence-electron chi connectivity index (χ4n) is 6.33. The van der Waals surface area contributed by atoms with Gasteiger partial charge in [-0.1, -0.05) is 31.5 Å².